The van der Waals surface area contributed by atoms with Gasteiger partial charge in [-0.2, -0.15) is 0 Å². The van der Waals surface area contributed by atoms with E-state index in [9.17, 15) is 19.5 Å². The maximum atomic E-state index is 13.2. The zero-order valence-corrected chi connectivity index (χ0v) is 16.9. The van der Waals surface area contributed by atoms with Crippen molar-refractivity contribution in [1.82, 2.24) is 5.32 Å². The minimum Gasteiger partial charge on any atom is -0.507 e. The fourth-order valence-corrected chi connectivity index (χ4v) is 3.62. The lowest BCUT2D eigenvalue weighted by Crippen LogP contribution is -2.22. The number of nitrogens with one attached hydrogen (secondary N) is 2. The Morgan fingerprint density at radius 1 is 0.935 bits per heavy atom. The molecule has 0 fully saturated rings. The fourth-order valence-electron chi connectivity index (χ4n) is 3.62. The smallest absolute Gasteiger partial charge is 0.407 e. The summed E-state index contributed by atoms with van der Waals surface area (Å²) in [6, 6.07) is 16.7. The summed E-state index contributed by atoms with van der Waals surface area (Å²) in [5.74, 6) is -0.974. The van der Waals surface area contributed by atoms with Gasteiger partial charge in [-0.25, -0.2) is 4.79 Å². The van der Waals surface area contributed by atoms with E-state index < -0.39 is 18.0 Å². The van der Waals surface area contributed by atoms with Crippen molar-refractivity contribution >= 4 is 29.0 Å². The van der Waals surface area contributed by atoms with Gasteiger partial charge in [-0.1, -0.05) is 36.4 Å². The normalized spacial score (nSPS) is 13.1. The van der Waals surface area contributed by atoms with E-state index in [1.807, 2.05) is 6.07 Å². The summed E-state index contributed by atoms with van der Waals surface area (Å²) in [6.07, 6.45) is -1.04. The average Bonchev–Trinajstić information content (AvgIpc) is 2.78. The monoisotopic (exact) mass is 416 g/mol. The van der Waals surface area contributed by atoms with Crippen LogP contribution in [0.15, 0.2) is 60.7 Å². The van der Waals surface area contributed by atoms with Crippen molar-refractivity contribution in [2.45, 2.75) is 13.0 Å². The molecule has 3 aromatic carbocycles. The standard InChI is InChI=1S/C24H20N2O5/c1-13(31-24(30)25-2)14-6-5-7-15(12-14)26-18-10-11-19(27)21-20(18)22(28)16-8-3-4-9-17(16)23(21)29/h3-13,26-27H,1-2H3,(H,25,30). The van der Waals surface area contributed by atoms with Gasteiger partial charge in [0.2, 0.25) is 0 Å². The van der Waals surface area contributed by atoms with Gasteiger partial charge in [0, 0.05) is 23.9 Å². The van der Waals surface area contributed by atoms with E-state index in [1.165, 1.54) is 13.1 Å². The van der Waals surface area contributed by atoms with E-state index in [1.54, 1.807) is 55.5 Å². The topological polar surface area (TPSA) is 105 Å². The number of anilines is 2. The van der Waals surface area contributed by atoms with Crippen LogP contribution in [-0.4, -0.2) is 29.8 Å². The molecule has 0 heterocycles. The molecule has 3 N–H and O–H groups in total. The van der Waals surface area contributed by atoms with Crippen LogP contribution in [-0.2, 0) is 4.74 Å². The molecule has 7 heteroatoms. The number of carbonyl (C=O) groups excluding carboxylic acids is 3. The summed E-state index contributed by atoms with van der Waals surface area (Å²) < 4.78 is 5.26. The number of alkyl carbamates (subject to hydrolysis) is 1. The lowest BCUT2D eigenvalue weighted by atomic mass is 9.82. The van der Waals surface area contributed by atoms with E-state index in [0.717, 1.165) is 5.56 Å². The first kappa shape index (κ1) is 20.2. The molecular weight excluding hydrogens is 396 g/mol. The first-order valence-electron chi connectivity index (χ1n) is 9.70. The average molecular weight is 416 g/mol. The summed E-state index contributed by atoms with van der Waals surface area (Å²) >= 11 is 0. The lowest BCUT2D eigenvalue weighted by Gasteiger charge is -2.22. The molecule has 1 unspecified atom stereocenters. The Kier molecular flexibility index (Phi) is 5.17. The summed E-state index contributed by atoms with van der Waals surface area (Å²) in [5.41, 5.74) is 2.47. The SMILES string of the molecule is CNC(=O)OC(C)c1cccc(Nc2ccc(O)c3c2C(=O)c2ccccc2C3=O)c1. The minimum atomic E-state index is -0.541. The van der Waals surface area contributed by atoms with Gasteiger partial charge in [0.1, 0.15) is 11.9 Å². The molecule has 0 radical (unpaired) electrons. The lowest BCUT2D eigenvalue weighted by molar-refractivity contribution is 0.0977. The molecule has 7 nitrogen and oxygen atoms in total. The first-order valence-corrected chi connectivity index (χ1v) is 9.70. The van der Waals surface area contributed by atoms with Gasteiger partial charge in [0.15, 0.2) is 11.6 Å². The highest BCUT2D eigenvalue weighted by Gasteiger charge is 2.34. The Bertz CT molecular complexity index is 1220. The van der Waals surface area contributed by atoms with Gasteiger partial charge in [-0.05, 0) is 36.8 Å². The maximum absolute atomic E-state index is 13.2. The molecule has 0 spiro atoms. The van der Waals surface area contributed by atoms with Gasteiger partial charge in [0.05, 0.1) is 16.8 Å². The van der Waals surface area contributed by atoms with Crippen LogP contribution in [0.5, 0.6) is 5.75 Å². The zero-order chi connectivity index (χ0) is 22.1. The number of phenols is 1. The van der Waals surface area contributed by atoms with E-state index in [-0.39, 0.29) is 28.2 Å². The number of hydrogen-bond acceptors (Lipinski definition) is 6. The fraction of sp³-hybridized carbons (Fsp3) is 0.125. The Morgan fingerprint density at radius 3 is 2.29 bits per heavy atom. The van der Waals surface area contributed by atoms with Gasteiger partial charge in [-0.15, -0.1) is 0 Å². The van der Waals surface area contributed by atoms with E-state index in [2.05, 4.69) is 10.6 Å². The molecule has 4 rings (SSSR count). The molecule has 1 aliphatic rings. The quantitative estimate of drug-likeness (QED) is 0.428. The molecular formula is C24H20N2O5. The Balaban J connectivity index is 1.72. The molecule has 0 bridgehead atoms. The summed E-state index contributed by atoms with van der Waals surface area (Å²) in [5, 5.41) is 15.9. The number of benzene rings is 3. The predicted octanol–water partition coefficient (Wildman–Crippen LogP) is 4.33. The van der Waals surface area contributed by atoms with Crippen molar-refractivity contribution in [3.8, 4) is 5.75 Å². The molecule has 156 valence electrons. The molecule has 0 aliphatic heterocycles. The van der Waals surface area contributed by atoms with E-state index >= 15 is 0 Å². The number of amides is 1. The highest BCUT2D eigenvalue weighted by Crippen LogP contribution is 2.38. The molecule has 0 saturated carbocycles. The largest absolute Gasteiger partial charge is 0.507 e. The third-order valence-corrected chi connectivity index (χ3v) is 5.18. The van der Waals surface area contributed by atoms with Gasteiger partial charge in [-0.3, -0.25) is 9.59 Å². The number of fused-ring (bicyclic) bond motifs is 2. The van der Waals surface area contributed by atoms with Crippen LogP contribution < -0.4 is 10.6 Å². The number of aromatic hydroxyl groups is 1. The Hall–Kier alpha value is -4.13. The zero-order valence-electron chi connectivity index (χ0n) is 16.9. The van der Waals surface area contributed by atoms with Crippen molar-refractivity contribution in [2.75, 3.05) is 12.4 Å². The van der Waals surface area contributed by atoms with Crippen LogP contribution >= 0.6 is 0 Å². The molecule has 0 saturated heterocycles. The summed E-state index contributed by atoms with van der Waals surface area (Å²) in [6.45, 7) is 1.75. The third kappa shape index (κ3) is 3.61. The Labute approximate surface area is 178 Å². The third-order valence-electron chi connectivity index (χ3n) is 5.18. The van der Waals surface area contributed by atoms with E-state index in [0.29, 0.717) is 16.9 Å². The van der Waals surface area contributed by atoms with Gasteiger partial charge in [0.25, 0.3) is 0 Å². The van der Waals surface area contributed by atoms with Crippen LogP contribution in [0.25, 0.3) is 0 Å². The van der Waals surface area contributed by atoms with E-state index in [4.69, 9.17) is 4.74 Å². The van der Waals surface area contributed by atoms with Crippen molar-refractivity contribution in [3.63, 3.8) is 0 Å². The van der Waals surface area contributed by atoms with Gasteiger partial charge < -0.3 is 20.5 Å². The number of phenolic OH excluding ortho intramolecular Hbond substituents is 1. The molecule has 1 aliphatic carbocycles. The van der Waals surface area contributed by atoms with Crippen molar-refractivity contribution in [3.05, 3.63) is 88.5 Å². The van der Waals surface area contributed by atoms with Crippen LogP contribution in [0.2, 0.25) is 0 Å². The predicted molar refractivity (Wildman–Crippen MR) is 115 cm³/mol. The molecule has 1 atom stereocenters. The summed E-state index contributed by atoms with van der Waals surface area (Å²) in [7, 11) is 1.48. The number of rotatable bonds is 4. The number of hydrogen-bond donors (Lipinski definition) is 3. The first-order chi connectivity index (χ1) is 14.9. The summed E-state index contributed by atoms with van der Waals surface area (Å²) in [4.78, 5) is 37.6. The van der Waals surface area contributed by atoms with Gasteiger partial charge >= 0.3 is 6.09 Å². The van der Waals surface area contributed by atoms with Crippen molar-refractivity contribution in [2.24, 2.45) is 0 Å². The molecule has 0 aromatic heterocycles. The van der Waals surface area contributed by atoms with Crippen molar-refractivity contribution < 1.29 is 24.2 Å². The second kappa shape index (κ2) is 7.95. The maximum Gasteiger partial charge on any atom is 0.407 e. The number of ether oxygens (including phenoxy) is 1. The molecule has 3 aromatic rings. The second-order valence-corrected chi connectivity index (χ2v) is 7.13. The minimum absolute atomic E-state index is 0.0128. The van der Waals surface area contributed by atoms with Crippen LogP contribution in [0.4, 0.5) is 16.2 Å². The van der Waals surface area contributed by atoms with Crippen LogP contribution in [0, 0.1) is 0 Å². The highest BCUT2D eigenvalue weighted by atomic mass is 16.6. The molecule has 31 heavy (non-hydrogen) atoms. The molecule has 1 amide bonds. The number of carbonyl (C=O) groups is 3. The Morgan fingerprint density at radius 2 is 1.61 bits per heavy atom. The van der Waals surface area contributed by atoms with Crippen LogP contribution in [0.1, 0.15) is 50.4 Å². The highest BCUT2D eigenvalue weighted by molar-refractivity contribution is 6.31. The second-order valence-electron chi connectivity index (χ2n) is 7.13. The number of ketones is 2. The van der Waals surface area contributed by atoms with Crippen molar-refractivity contribution in [1.29, 1.82) is 0 Å². The van der Waals surface area contributed by atoms with Crippen LogP contribution in [0.3, 0.4) is 0 Å².